The third-order valence-electron chi connectivity index (χ3n) is 2.18. The molecule has 0 heterocycles. The molecule has 0 aliphatic heterocycles. The molecular weight excluding hydrogens is 384 g/mol. The summed E-state index contributed by atoms with van der Waals surface area (Å²) in [7, 11) is 3.13. The molecule has 0 aromatic carbocycles. The number of halogens is 4. The van der Waals surface area contributed by atoms with Crippen molar-refractivity contribution in [2.24, 2.45) is 4.99 Å². The van der Waals surface area contributed by atoms with E-state index in [1.165, 1.54) is 11.9 Å². The average Bonchev–Trinajstić information content (AvgIpc) is 2.18. The summed E-state index contributed by atoms with van der Waals surface area (Å²) in [5.74, 6) is 0.658. The number of hydrogen-bond acceptors (Lipinski definition) is 2. The summed E-state index contributed by atoms with van der Waals surface area (Å²) < 4.78 is 36.3. The van der Waals surface area contributed by atoms with Crippen LogP contribution in [0.1, 0.15) is 27.2 Å². The molecule has 0 radical (unpaired) electrons. The van der Waals surface area contributed by atoms with Crippen LogP contribution >= 0.6 is 24.0 Å². The summed E-state index contributed by atoms with van der Waals surface area (Å²) in [5.41, 5.74) is -0.102. The molecule has 0 amide bonds. The molecule has 4 nitrogen and oxygen atoms in total. The molecule has 20 heavy (non-hydrogen) atoms. The molecule has 0 spiro atoms. The largest absolute Gasteiger partial charge is 0.401 e. The van der Waals surface area contributed by atoms with E-state index in [1.807, 2.05) is 20.8 Å². The van der Waals surface area contributed by atoms with Crippen molar-refractivity contribution in [2.75, 3.05) is 33.7 Å². The van der Waals surface area contributed by atoms with Crippen molar-refractivity contribution in [3.8, 4) is 0 Å². The first kappa shape index (κ1) is 22.0. The van der Waals surface area contributed by atoms with E-state index in [-0.39, 0.29) is 29.5 Å². The highest BCUT2D eigenvalue weighted by Crippen LogP contribution is 2.15. The zero-order valence-corrected chi connectivity index (χ0v) is 15.1. The van der Waals surface area contributed by atoms with E-state index >= 15 is 0 Å². The third kappa shape index (κ3) is 14.2. The third-order valence-corrected chi connectivity index (χ3v) is 2.18. The zero-order chi connectivity index (χ0) is 15.1. The van der Waals surface area contributed by atoms with Gasteiger partial charge in [0.1, 0.15) is 0 Å². The van der Waals surface area contributed by atoms with Crippen LogP contribution in [0.3, 0.4) is 0 Å². The first-order valence-electron chi connectivity index (χ1n) is 6.27. The molecule has 0 aliphatic carbocycles. The van der Waals surface area contributed by atoms with Gasteiger partial charge in [-0.3, -0.25) is 9.89 Å². The molecule has 0 saturated heterocycles. The van der Waals surface area contributed by atoms with Crippen LogP contribution in [0.2, 0.25) is 0 Å². The van der Waals surface area contributed by atoms with Gasteiger partial charge in [-0.2, -0.15) is 13.2 Å². The molecule has 0 aromatic heterocycles. The molecule has 8 heteroatoms. The van der Waals surface area contributed by atoms with E-state index in [0.29, 0.717) is 25.5 Å². The normalized spacial score (nSPS) is 13.2. The van der Waals surface area contributed by atoms with Gasteiger partial charge < -0.3 is 10.6 Å². The Morgan fingerprint density at radius 1 is 1.20 bits per heavy atom. The summed E-state index contributed by atoms with van der Waals surface area (Å²) in [5, 5.41) is 6.25. The van der Waals surface area contributed by atoms with Crippen molar-refractivity contribution in [3.63, 3.8) is 0 Å². The van der Waals surface area contributed by atoms with Gasteiger partial charge in [-0.1, -0.05) is 0 Å². The SMILES string of the molecule is CN=C(NCCCN(C)CC(F)(F)F)NC(C)(C)C.I. The number of rotatable bonds is 5. The molecule has 2 N–H and O–H groups in total. The van der Waals surface area contributed by atoms with Crippen LogP contribution in [0.4, 0.5) is 13.2 Å². The van der Waals surface area contributed by atoms with E-state index in [1.54, 1.807) is 7.05 Å². The minimum absolute atomic E-state index is 0. The fourth-order valence-corrected chi connectivity index (χ4v) is 1.48. The second-order valence-corrected chi connectivity index (χ2v) is 5.58. The van der Waals surface area contributed by atoms with E-state index in [0.717, 1.165) is 0 Å². The smallest absolute Gasteiger partial charge is 0.356 e. The van der Waals surface area contributed by atoms with Crippen LogP contribution in [0.15, 0.2) is 4.99 Å². The lowest BCUT2D eigenvalue weighted by atomic mass is 10.1. The number of nitrogens with zero attached hydrogens (tertiary/aromatic N) is 2. The highest BCUT2D eigenvalue weighted by Gasteiger charge is 2.28. The van der Waals surface area contributed by atoms with Crippen LogP contribution in [0.5, 0.6) is 0 Å². The van der Waals surface area contributed by atoms with Crippen LogP contribution in [-0.2, 0) is 0 Å². The first-order valence-corrected chi connectivity index (χ1v) is 6.27. The second kappa shape index (κ2) is 9.64. The molecule has 0 atom stereocenters. The second-order valence-electron chi connectivity index (χ2n) is 5.58. The summed E-state index contributed by atoms with van der Waals surface area (Å²) in [6.07, 6.45) is -3.51. The molecule has 122 valence electrons. The van der Waals surface area contributed by atoms with Crippen molar-refractivity contribution >= 4 is 29.9 Å². The van der Waals surface area contributed by atoms with Crippen LogP contribution < -0.4 is 10.6 Å². The maximum absolute atomic E-state index is 12.1. The molecular formula is C12H26F3IN4. The first-order chi connectivity index (χ1) is 8.53. The van der Waals surface area contributed by atoms with Gasteiger partial charge in [0.2, 0.25) is 0 Å². The van der Waals surface area contributed by atoms with Gasteiger partial charge in [0.05, 0.1) is 6.54 Å². The highest BCUT2D eigenvalue weighted by molar-refractivity contribution is 14.0. The summed E-state index contributed by atoms with van der Waals surface area (Å²) in [4.78, 5) is 5.32. The molecule has 0 aliphatic rings. The highest BCUT2D eigenvalue weighted by atomic mass is 127. The lowest BCUT2D eigenvalue weighted by Gasteiger charge is -2.24. The van der Waals surface area contributed by atoms with Gasteiger partial charge in [-0.25, -0.2) is 0 Å². The summed E-state index contributed by atoms with van der Waals surface area (Å²) in [6, 6.07) is 0. The Bertz CT molecular complexity index is 287. The van der Waals surface area contributed by atoms with Crippen LogP contribution in [0, 0.1) is 0 Å². The van der Waals surface area contributed by atoms with Gasteiger partial charge in [-0.05, 0) is 40.8 Å². The van der Waals surface area contributed by atoms with Crippen molar-refractivity contribution in [1.82, 2.24) is 15.5 Å². The number of alkyl halides is 3. The van der Waals surface area contributed by atoms with Crippen LogP contribution in [0.25, 0.3) is 0 Å². The van der Waals surface area contributed by atoms with Gasteiger partial charge in [0, 0.05) is 19.1 Å². The average molecular weight is 410 g/mol. The predicted octanol–water partition coefficient (Wildman–Crippen LogP) is 2.45. The maximum atomic E-state index is 12.1. The Labute approximate surface area is 136 Å². The molecule has 0 fully saturated rings. The van der Waals surface area contributed by atoms with E-state index in [2.05, 4.69) is 15.6 Å². The Kier molecular flexibility index (Phi) is 10.6. The monoisotopic (exact) mass is 410 g/mol. The molecule has 0 unspecified atom stereocenters. The van der Waals surface area contributed by atoms with Gasteiger partial charge in [0.15, 0.2) is 5.96 Å². The topological polar surface area (TPSA) is 39.7 Å². The number of nitrogens with one attached hydrogen (secondary N) is 2. The quantitative estimate of drug-likeness (QED) is 0.317. The van der Waals surface area contributed by atoms with Crippen LogP contribution in [-0.4, -0.2) is 56.3 Å². The zero-order valence-electron chi connectivity index (χ0n) is 12.8. The minimum Gasteiger partial charge on any atom is -0.356 e. The lowest BCUT2D eigenvalue weighted by molar-refractivity contribution is -0.143. The molecule has 0 rings (SSSR count). The number of hydrogen-bond donors (Lipinski definition) is 2. The Balaban J connectivity index is 0. The standard InChI is InChI=1S/C12H25F3N4.HI/c1-11(2,3)18-10(16-4)17-7-6-8-19(5)9-12(13,14)15;/h6-9H2,1-5H3,(H2,16,17,18);1H. The summed E-state index contributed by atoms with van der Waals surface area (Å²) >= 11 is 0. The number of guanidine groups is 1. The predicted molar refractivity (Wildman–Crippen MR) is 87.8 cm³/mol. The Morgan fingerprint density at radius 3 is 2.15 bits per heavy atom. The van der Waals surface area contributed by atoms with Crippen molar-refractivity contribution in [1.29, 1.82) is 0 Å². The fourth-order valence-electron chi connectivity index (χ4n) is 1.48. The Hall–Kier alpha value is -0.250. The lowest BCUT2D eigenvalue weighted by Crippen LogP contribution is -2.48. The fraction of sp³-hybridized carbons (Fsp3) is 0.917. The van der Waals surface area contributed by atoms with Crippen molar-refractivity contribution in [3.05, 3.63) is 0 Å². The van der Waals surface area contributed by atoms with E-state index in [4.69, 9.17) is 0 Å². The molecule has 0 bridgehead atoms. The van der Waals surface area contributed by atoms with E-state index in [9.17, 15) is 13.2 Å². The van der Waals surface area contributed by atoms with Crippen molar-refractivity contribution < 1.29 is 13.2 Å². The van der Waals surface area contributed by atoms with Gasteiger partial charge >= 0.3 is 6.18 Å². The summed E-state index contributed by atoms with van der Waals surface area (Å²) in [6.45, 7) is 6.13. The molecule has 0 saturated carbocycles. The Morgan fingerprint density at radius 2 is 1.75 bits per heavy atom. The maximum Gasteiger partial charge on any atom is 0.401 e. The molecule has 0 aromatic rings. The number of aliphatic imine (C=N–C) groups is 1. The minimum atomic E-state index is -4.13. The van der Waals surface area contributed by atoms with Crippen molar-refractivity contribution in [2.45, 2.75) is 38.9 Å². The van der Waals surface area contributed by atoms with E-state index < -0.39 is 12.7 Å². The van der Waals surface area contributed by atoms with Gasteiger partial charge in [-0.15, -0.1) is 24.0 Å². The van der Waals surface area contributed by atoms with Gasteiger partial charge in [0.25, 0.3) is 0 Å².